The number of tetrazole rings is 1. The number of carbonyl (C=O) groups excluding carboxylic acids is 1. The number of nitrogens with one attached hydrogen (secondary N) is 1. The maximum atomic E-state index is 12.5. The van der Waals surface area contributed by atoms with Crippen LogP contribution in [0.1, 0.15) is 30.2 Å². The molecule has 25 heavy (non-hydrogen) atoms. The van der Waals surface area contributed by atoms with E-state index in [4.69, 9.17) is 4.74 Å². The van der Waals surface area contributed by atoms with Gasteiger partial charge in [-0.15, -0.1) is 5.10 Å². The SMILES string of the molecule is COc1cccc(NC(=O)c2cccc(-c3nnnn3C(C)C)c2)c1. The topological polar surface area (TPSA) is 81.9 Å². The molecule has 3 aromatic rings. The van der Waals surface area contributed by atoms with E-state index >= 15 is 0 Å². The molecule has 7 heteroatoms. The Bertz CT molecular complexity index is 888. The maximum absolute atomic E-state index is 12.5. The van der Waals surface area contributed by atoms with Gasteiger partial charge in [-0.3, -0.25) is 4.79 Å². The fourth-order valence-electron chi connectivity index (χ4n) is 2.44. The molecule has 0 atom stereocenters. The van der Waals surface area contributed by atoms with Gasteiger partial charge in [-0.05, 0) is 48.5 Å². The Labute approximate surface area is 145 Å². The molecule has 128 valence electrons. The van der Waals surface area contributed by atoms with Crippen molar-refractivity contribution in [2.24, 2.45) is 0 Å². The number of hydrogen-bond donors (Lipinski definition) is 1. The predicted octanol–water partition coefficient (Wildman–Crippen LogP) is 3.18. The van der Waals surface area contributed by atoms with Gasteiger partial charge >= 0.3 is 0 Å². The molecule has 7 nitrogen and oxygen atoms in total. The lowest BCUT2D eigenvalue weighted by Gasteiger charge is -2.10. The van der Waals surface area contributed by atoms with Crippen LogP contribution in [0.4, 0.5) is 5.69 Å². The van der Waals surface area contributed by atoms with Crippen molar-refractivity contribution < 1.29 is 9.53 Å². The molecule has 1 aromatic heterocycles. The van der Waals surface area contributed by atoms with Crippen LogP contribution in [0.25, 0.3) is 11.4 Å². The minimum Gasteiger partial charge on any atom is -0.497 e. The molecular weight excluding hydrogens is 318 g/mol. The monoisotopic (exact) mass is 337 g/mol. The highest BCUT2D eigenvalue weighted by molar-refractivity contribution is 6.04. The Morgan fingerprint density at radius 1 is 1.16 bits per heavy atom. The normalized spacial score (nSPS) is 10.7. The molecular formula is C18H19N5O2. The van der Waals surface area contributed by atoms with Crippen LogP contribution in [-0.2, 0) is 0 Å². The van der Waals surface area contributed by atoms with Gasteiger partial charge in [0.15, 0.2) is 5.82 Å². The largest absolute Gasteiger partial charge is 0.497 e. The Balaban J connectivity index is 1.85. The van der Waals surface area contributed by atoms with Gasteiger partial charge in [0.2, 0.25) is 0 Å². The zero-order chi connectivity index (χ0) is 17.8. The molecule has 0 aliphatic carbocycles. The summed E-state index contributed by atoms with van der Waals surface area (Å²) in [4.78, 5) is 12.5. The van der Waals surface area contributed by atoms with E-state index in [0.29, 0.717) is 22.8 Å². The number of rotatable bonds is 5. The summed E-state index contributed by atoms with van der Waals surface area (Å²) < 4.78 is 6.89. The van der Waals surface area contributed by atoms with Gasteiger partial charge in [-0.2, -0.15) is 0 Å². The molecule has 0 unspecified atom stereocenters. The fourth-order valence-corrected chi connectivity index (χ4v) is 2.44. The number of amides is 1. The first-order valence-electron chi connectivity index (χ1n) is 7.92. The quantitative estimate of drug-likeness (QED) is 0.773. The number of methoxy groups -OCH3 is 1. The third kappa shape index (κ3) is 3.65. The average molecular weight is 337 g/mol. The zero-order valence-electron chi connectivity index (χ0n) is 14.3. The molecule has 0 aliphatic rings. The number of hydrogen-bond acceptors (Lipinski definition) is 5. The molecule has 2 aromatic carbocycles. The van der Waals surface area contributed by atoms with E-state index in [1.165, 1.54) is 0 Å². The summed E-state index contributed by atoms with van der Waals surface area (Å²) in [6, 6.07) is 14.6. The van der Waals surface area contributed by atoms with Crippen LogP contribution in [0, 0.1) is 0 Å². The van der Waals surface area contributed by atoms with Crippen molar-refractivity contribution in [2.75, 3.05) is 12.4 Å². The third-order valence-electron chi connectivity index (χ3n) is 3.69. The van der Waals surface area contributed by atoms with Crippen molar-refractivity contribution in [3.05, 3.63) is 54.1 Å². The lowest BCUT2D eigenvalue weighted by molar-refractivity contribution is 0.102. The molecule has 0 spiro atoms. The van der Waals surface area contributed by atoms with E-state index < -0.39 is 0 Å². The van der Waals surface area contributed by atoms with Gasteiger partial charge in [0, 0.05) is 22.9 Å². The van der Waals surface area contributed by atoms with E-state index in [0.717, 1.165) is 5.56 Å². The average Bonchev–Trinajstić information content (AvgIpc) is 3.12. The van der Waals surface area contributed by atoms with Gasteiger partial charge in [-0.1, -0.05) is 18.2 Å². The summed E-state index contributed by atoms with van der Waals surface area (Å²) in [5, 5.41) is 14.7. The van der Waals surface area contributed by atoms with E-state index in [2.05, 4.69) is 20.8 Å². The molecule has 0 aliphatic heterocycles. The second-order valence-electron chi connectivity index (χ2n) is 5.81. The van der Waals surface area contributed by atoms with Crippen molar-refractivity contribution in [3.8, 4) is 17.1 Å². The predicted molar refractivity (Wildman–Crippen MR) is 94.6 cm³/mol. The van der Waals surface area contributed by atoms with Gasteiger partial charge < -0.3 is 10.1 Å². The molecule has 0 bridgehead atoms. The molecule has 1 heterocycles. The van der Waals surface area contributed by atoms with Crippen LogP contribution in [0.3, 0.4) is 0 Å². The lowest BCUT2D eigenvalue weighted by atomic mass is 10.1. The summed E-state index contributed by atoms with van der Waals surface area (Å²) in [5.74, 6) is 1.10. The summed E-state index contributed by atoms with van der Waals surface area (Å²) >= 11 is 0. The van der Waals surface area contributed by atoms with Crippen LogP contribution in [-0.4, -0.2) is 33.2 Å². The van der Waals surface area contributed by atoms with Crippen LogP contribution in [0.5, 0.6) is 5.75 Å². The van der Waals surface area contributed by atoms with Crippen LogP contribution >= 0.6 is 0 Å². The minimum absolute atomic E-state index is 0.124. The van der Waals surface area contributed by atoms with Crippen molar-refractivity contribution in [2.45, 2.75) is 19.9 Å². The molecule has 0 saturated heterocycles. The van der Waals surface area contributed by atoms with Crippen molar-refractivity contribution in [3.63, 3.8) is 0 Å². The molecule has 3 rings (SSSR count). The summed E-state index contributed by atoms with van der Waals surface area (Å²) in [6.45, 7) is 4.00. The van der Waals surface area contributed by atoms with Crippen LogP contribution in [0.15, 0.2) is 48.5 Å². The number of nitrogens with zero attached hydrogens (tertiary/aromatic N) is 4. The van der Waals surface area contributed by atoms with E-state index in [9.17, 15) is 4.79 Å². The Kier molecular flexibility index (Phi) is 4.74. The highest BCUT2D eigenvalue weighted by Gasteiger charge is 2.14. The highest BCUT2D eigenvalue weighted by Crippen LogP contribution is 2.21. The lowest BCUT2D eigenvalue weighted by Crippen LogP contribution is -2.12. The maximum Gasteiger partial charge on any atom is 0.255 e. The molecule has 1 N–H and O–H groups in total. The van der Waals surface area contributed by atoms with E-state index in [1.54, 1.807) is 30.0 Å². The fraction of sp³-hybridized carbons (Fsp3) is 0.222. The molecule has 1 amide bonds. The smallest absolute Gasteiger partial charge is 0.255 e. The summed E-state index contributed by atoms with van der Waals surface area (Å²) in [6.07, 6.45) is 0. The van der Waals surface area contributed by atoms with Crippen LogP contribution < -0.4 is 10.1 Å². The first-order valence-corrected chi connectivity index (χ1v) is 7.92. The highest BCUT2D eigenvalue weighted by atomic mass is 16.5. The second-order valence-corrected chi connectivity index (χ2v) is 5.81. The Hall–Kier alpha value is -3.22. The van der Waals surface area contributed by atoms with E-state index in [1.807, 2.05) is 44.2 Å². The second kappa shape index (κ2) is 7.12. The van der Waals surface area contributed by atoms with Crippen molar-refractivity contribution in [1.29, 1.82) is 0 Å². The number of anilines is 1. The third-order valence-corrected chi connectivity index (χ3v) is 3.69. The summed E-state index contributed by atoms with van der Waals surface area (Å²) in [7, 11) is 1.59. The van der Waals surface area contributed by atoms with Gasteiger partial charge in [-0.25, -0.2) is 4.68 Å². The first kappa shape index (κ1) is 16.6. The standard InChI is InChI=1S/C18H19N5O2/c1-12(2)23-17(20-21-22-23)13-6-4-7-14(10-13)18(24)19-15-8-5-9-16(11-15)25-3/h4-12H,1-3H3,(H,19,24). The molecule has 0 fully saturated rings. The molecule has 0 radical (unpaired) electrons. The Morgan fingerprint density at radius 2 is 1.96 bits per heavy atom. The Morgan fingerprint density at radius 3 is 2.72 bits per heavy atom. The van der Waals surface area contributed by atoms with E-state index in [-0.39, 0.29) is 11.9 Å². The minimum atomic E-state index is -0.210. The van der Waals surface area contributed by atoms with Crippen molar-refractivity contribution >= 4 is 11.6 Å². The van der Waals surface area contributed by atoms with Gasteiger partial charge in [0.1, 0.15) is 5.75 Å². The summed E-state index contributed by atoms with van der Waals surface area (Å²) in [5.41, 5.74) is 1.98. The van der Waals surface area contributed by atoms with Crippen LogP contribution in [0.2, 0.25) is 0 Å². The number of ether oxygens (including phenoxy) is 1. The number of carbonyl (C=O) groups is 1. The number of benzene rings is 2. The zero-order valence-corrected chi connectivity index (χ0v) is 14.3. The first-order chi connectivity index (χ1) is 12.1. The van der Waals surface area contributed by atoms with Crippen molar-refractivity contribution in [1.82, 2.24) is 20.2 Å². The van der Waals surface area contributed by atoms with Gasteiger partial charge in [0.25, 0.3) is 5.91 Å². The van der Waals surface area contributed by atoms with Gasteiger partial charge in [0.05, 0.1) is 13.2 Å². The molecule has 0 saturated carbocycles. The number of aromatic nitrogens is 4.